The van der Waals surface area contributed by atoms with E-state index in [2.05, 4.69) is 19.2 Å². The van der Waals surface area contributed by atoms with Crippen molar-refractivity contribution in [3.8, 4) is 0 Å². The van der Waals surface area contributed by atoms with E-state index in [1.54, 1.807) is 0 Å². The second kappa shape index (κ2) is 4.25. The second-order valence-corrected chi connectivity index (χ2v) is 3.74. The Balaban J connectivity index is 2.27. The number of carbonyl (C=O) groups excluding carboxylic acids is 2. The molecule has 0 saturated carbocycles. The molecule has 1 rings (SSSR count). The summed E-state index contributed by atoms with van der Waals surface area (Å²) in [4.78, 5) is 23.5. The molecule has 1 heterocycles. The van der Waals surface area contributed by atoms with Gasteiger partial charge in [0.1, 0.15) is 0 Å². The van der Waals surface area contributed by atoms with Crippen molar-refractivity contribution in [2.24, 2.45) is 5.92 Å². The van der Waals surface area contributed by atoms with Crippen LogP contribution in [0.5, 0.6) is 0 Å². The summed E-state index contributed by atoms with van der Waals surface area (Å²) in [5.74, 6) is 0.523. The number of urea groups is 1. The average Bonchev–Trinajstić information content (AvgIpc) is 2.34. The monoisotopic (exact) mass is 184 g/mol. The highest BCUT2D eigenvalue weighted by Crippen LogP contribution is 2.07. The summed E-state index contributed by atoms with van der Waals surface area (Å²) in [7, 11) is 0. The van der Waals surface area contributed by atoms with Crippen LogP contribution >= 0.6 is 0 Å². The van der Waals surface area contributed by atoms with Crippen LogP contribution < -0.4 is 5.32 Å². The van der Waals surface area contributed by atoms with E-state index in [1.807, 2.05) is 0 Å². The fourth-order valence-corrected chi connectivity index (χ4v) is 1.34. The van der Waals surface area contributed by atoms with Crippen LogP contribution in [0.3, 0.4) is 0 Å². The summed E-state index contributed by atoms with van der Waals surface area (Å²) in [6, 6.07) is -0.242. The van der Waals surface area contributed by atoms with Crippen molar-refractivity contribution in [1.29, 1.82) is 0 Å². The van der Waals surface area contributed by atoms with Gasteiger partial charge in [0.25, 0.3) is 0 Å². The Morgan fingerprint density at radius 3 is 2.62 bits per heavy atom. The van der Waals surface area contributed by atoms with Crippen LogP contribution in [0.1, 0.15) is 26.7 Å². The Labute approximate surface area is 78.3 Å². The predicted octanol–water partition coefficient (Wildman–Crippen LogP) is 0.974. The third-order valence-corrected chi connectivity index (χ3v) is 2.10. The molecule has 74 valence electrons. The molecule has 0 atom stereocenters. The first-order valence-corrected chi connectivity index (χ1v) is 4.69. The molecular formula is C9H16N2O2. The Morgan fingerprint density at radius 2 is 2.15 bits per heavy atom. The fourth-order valence-electron chi connectivity index (χ4n) is 1.34. The molecule has 0 unspecified atom stereocenters. The van der Waals surface area contributed by atoms with Gasteiger partial charge in [0.05, 0.1) is 6.54 Å². The summed E-state index contributed by atoms with van der Waals surface area (Å²) < 4.78 is 0. The molecule has 1 fully saturated rings. The molecule has 0 radical (unpaired) electrons. The molecule has 0 aromatic carbocycles. The molecular weight excluding hydrogens is 168 g/mol. The summed E-state index contributed by atoms with van der Waals surface area (Å²) in [6.45, 7) is 4.99. The number of carbonyl (C=O) groups is 2. The van der Waals surface area contributed by atoms with Crippen molar-refractivity contribution >= 4 is 11.9 Å². The molecule has 1 saturated heterocycles. The Bertz CT molecular complexity index is 198. The van der Waals surface area contributed by atoms with Gasteiger partial charge in [-0.3, -0.25) is 9.69 Å². The zero-order chi connectivity index (χ0) is 9.84. The average molecular weight is 184 g/mol. The molecule has 0 aliphatic carbocycles. The van der Waals surface area contributed by atoms with E-state index in [4.69, 9.17) is 0 Å². The van der Waals surface area contributed by atoms with E-state index in [1.165, 1.54) is 4.90 Å². The number of amides is 3. The molecule has 13 heavy (non-hydrogen) atoms. The van der Waals surface area contributed by atoms with Crippen molar-refractivity contribution < 1.29 is 9.59 Å². The lowest BCUT2D eigenvalue weighted by molar-refractivity contribution is -0.125. The van der Waals surface area contributed by atoms with E-state index in [0.717, 1.165) is 12.8 Å². The molecule has 1 aliphatic heterocycles. The number of hydrogen-bond donors (Lipinski definition) is 1. The van der Waals surface area contributed by atoms with Crippen molar-refractivity contribution in [1.82, 2.24) is 10.2 Å². The zero-order valence-corrected chi connectivity index (χ0v) is 8.17. The highest BCUT2D eigenvalue weighted by Gasteiger charge is 2.27. The minimum Gasteiger partial charge on any atom is -0.329 e. The number of imide groups is 1. The molecule has 4 nitrogen and oxygen atoms in total. The van der Waals surface area contributed by atoms with Crippen LogP contribution in [-0.4, -0.2) is 29.9 Å². The Hall–Kier alpha value is -1.06. The van der Waals surface area contributed by atoms with Gasteiger partial charge in [-0.1, -0.05) is 13.8 Å². The first-order valence-electron chi connectivity index (χ1n) is 4.69. The first kappa shape index (κ1) is 10.0. The van der Waals surface area contributed by atoms with E-state index in [0.29, 0.717) is 12.5 Å². The molecule has 0 spiro atoms. The van der Waals surface area contributed by atoms with Gasteiger partial charge < -0.3 is 5.32 Å². The summed E-state index contributed by atoms with van der Waals surface area (Å²) >= 11 is 0. The van der Waals surface area contributed by atoms with Crippen LogP contribution in [0, 0.1) is 5.92 Å². The SMILES string of the molecule is CC(C)CCCN1C(=O)CNC1=O. The highest BCUT2D eigenvalue weighted by atomic mass is 16.2. The maximum absolute atomic E-state index is 11.1. The van der Waals surface area contributed by atoms with E-state index in [-0.39, 0.29) is 18.5 Å². The summed E-state index contributed by atoms with van der Waals surface area (Å²) in [5, 5.41) is 2.49. The summed E-state index contributed by atoms with van der Waals surface area (Å²) in [5.41, 5.74) is 0. The van der Waals surface area contributed by atoms with E-state index < -0.39 is 0 Å². The van der Waals surface area contributed by atoms with Gasteiger partial charge in [0.2, 0.25) is 5.91 Å². The number of hydrogen-bond acceptors (Lipinski definition) is 2. The van der Waals surface area contributed by atoms with Gasteiger partial charge in [-0.25, -0.2) is 4.79 Å². The van der Waals surface area contributed by atoms with Crippen LogP contribution in [0.25, 0.3) is 0 Å². The lowest BCUT2D eigenvalue weighted by atomic mass is 10.1. The molecule has 1 aliphatic rings. The van der Waals surface area contributed by atoms with Crippen molar-refractivity contribution in [3.63, 3.8) is 0 Å². The fraction of sp³-hybridized carbons (Fsp3) is 0.778. The maximum Gasteiger partial charge on any atom is 0.324 e. The second-order valence-electron chi connectivity index (χ2n) is 3.74. The van der Waals surface area contributed by atoms with Crippen LogP contribution in [0.4, 0.5) is 4.79 Å². The normalized spacial score (nSPS) is 17.0. The zero-order valence-electron chi connectivity index (χ0n) is 8.17. The third-order valence-electron chi connectivity index (χ3n) is 2.10. The molecule has 0 aromatic heterocycles. The van der Waals surface area contributed by atoms with Gasteiger partial charge in [-0.2, -0.15) is 0 Å². The van der Waals surface area contributed by atoms with Crippen LogP contribution in [0.15, 0.2) is 0 Å². The highest BCUT2D eigenvalue weighted by molar-refractivity contribution is 6.01. The molecule has 1 N–H and O–H groups in total. The largest absolute Gasteiger partial charge is 0.329 e. The van der Waals surface area contributed by atoms with Crippen molar-refractivity contribution in [2.75, 3.05) is 13.1 Å². The van der Waals surface area contributed by atoms with Gasteiger partial charge in [0.15, 0.2) is 0 Å². The molecule has 4 heteroatoms. The lowest BCUT2D eigenvalue weighted by Crippen LogP contribution is -2.31. The van der Waals surface area contributed by atoms with Crippen molar-refractivity contribution in [2.45, 2.75) is 26.7 Å². The smallest absolute Gasteiger partial charge is 0.324 e. The minimum absolute atomic E-state index is 0.103. The van der Waals surface area contributed by atoms with Gasteiger partial charge in [0, 0.05) is 6.54 Å². The summed E-state index contributed by atoms with van der Waals surface area (Å²) in [6.07, 6.45) is 1.95. The number of nitrogens with zero attached hydrogens (tertiary/aromatic N) is 1. The Kier molecular flexibility index (Phi) is 3.28. The van der Waals surface area contributed by atoms with E-state index in [9.17, 15) is 9.59 Å². The van der Waals surface area contributed by atoms with Crippen LogP contribution in [-0.2, 0) is 4.79 Å². The standard InChI is InChI=1S/C9H16N2O2/c1-7(2)4-3-5-11-8(12)6-10-9(11)13/h7H,3-6H2,1-2H3,(H,10,13). The predicted molar refractivity (Wildman–Crippen MR) is 49.2 cm³/mol. The van der Waals surface area contributed by atoms with Crippen molar-refractivity contribution in [3.05, 3.63) is 0 Å². The van der Waals surface area contributed by atoms with Crippen LogP contribution in [0.2, 0.25) is 0 Å². The molecule has 3 amide bonds. The Morgan fingerprint density at radius 1 is 1.46 bits per heavy atom. The van der Waals surface area contributed by atoms with Gasteiger partial charge in [-0.05, 0) is 18.8 Å². The van der Waals surface area contributed by atoms with Gasteiger partial charge in [-0.15, -0.1) is 0 Å². The molecule has 0 bridgehead atoms. The minimum atomic E-state index is -0.242. The molecule has 0 aromatic rings. The number of rotatable bonds is 4. The topological polar surface area (TPSA) is 49.4 Å². The first-order chi connectivity index (χ1) is 6.11. The third kappa shape index (κ3) is 2.72. The lowest BCUT2D eigenvalue weighted by Gasteiger charge is -2.12. The van der Waals surface area contributed by atoms with E-state index >= 15 is 0 Å². The quantitative estimate of drug-likeness (QED) is 0.662. The maximum atomic E-state index is 11.1. The van der Waals surface area contributed by atoms with Gasteiger partial charge >= 0.3 is 6.03 Å². The number of nitrogens with one attached hydrogen (secondary N) is 1.